The van der Waals surface area contributed by atoms with Crippen LogP contribution in [-0.2, 0) is 4.79 Å². The number of halogens is 1. The molecule has 2 aromatic rings. The first-order valence-electron chi connectivity index (χ1n) is 8.05. The number of rotatable bonds is 1. The molecule has 0 radical (unpaired) electrons. The van der Waals surface area contributed by atoms with Gasteiger partial charge in [-0.15, -0.1) is 0 Å². The molecule has 0 saturated heterocycles. The minimum atomic E-state index is 0.122. The van der Waals surface area contributed by atoms with Gasteiger partial charge >= 0.3 is 0 Å². The van der Waals surface area contributed by atoms with Crippen LogP contribution in [0.3, 0.4) is 0 Å². The molecule has 1 heterocycles. The van der Waals surface area contributed by atoms with Crippen molar-refractivity contribution >= 4 is 34.5 Å². The highest BCUT2D eigenvalue weighted by Gasteiger charge is 2.32. The zero-order valence-electron chi connectivity index (χ0n) is 13.3. The number of para-hydroxylation sites is 2. The first-order valence-corrected chi connectivity index (χ1v) is 8.43. The number of hydrogen-bond donors (Lipinski definition) is 1. The van der Waals surface area contributed by atoms with Crippen molar-refractivity contribution in [2.75, 3.05) is 5.32 Å². The Bertz CT molecular complexity index is 898. The molecule has 2 aromatic carbocycles. The monoisotopic (exact) mass is 336 g/mol. The van der Waals surface area contributed by atoms with E-state index in [1.807, 2.05) is 55.5 Å². The van der Waals surface area contributed by atoms with Crippen LogP contribution in [0.4, 0.5) is 11.4 Å². The fraction of sp³-hybridized carbons (Fsp3) is 0.200. The van der Waals surface area contributed by atoms with Crippen molar-refractivity contribution in [1.29, 1.82) is 0 Å². The Labute approximate surface area is 146 Å². The summed E-state index contributed by atoms with van der Waals surface area (Å²) in [6, 6.07) is 15.7. The Morgan fingerprint density at radius 2 is 1.96 bits per heavy atom. The van der Waals surface area contributed by atoms with Crippen molar-refractivity contribution in [3.63, 3.8) is 0 Å². The predicted octanol–water partition coefficient (Wildman–Crippen LogP) is 5.26. The lowest BCUT2D eigenvalue weighted by atomic mass is 9.79. The number of allylic oxidation sites excluding steroid dienone is 2. The average Bonchev–Trinajstić information content (AvgIpc) is 2.70. The highest BCUT2D eigenvalue weighted by Crippen LogP contribution is 2.38. The summed E-state index contributed by atoms with van der Waals surface area (Å²) >= 11 is 6.12. The topological polar surface area (TPSA) is 41.5 Å². The van der Waals surface area contributed by atoms with Crippen molar-refractivity contribution < 1.29 is 4.79 Å². The summed E-state index contributed by atoms with van der Waals surface area (Å²) in [7, 11) is 0. The lowest BCUT2D eigenvalue weighted by Crippen LogP contribution is -2.26. The van der Waals surface area contributed by atoms with E-state index in [1.54, 1.807) is 0 Å². The van der Waals surface area contributed by atoms with E-state index in [0.29, 0.717) is 11.4 Å². The number of nitrogens with one attached hydrogen (secondary N) is 1. The van der Waals surface area contributed by atoms with Crippen LogP contribution in [0.1, 0.15) is 31.2 Å². The van der Waals surface area contributed by atoms with E-state index in [9.17, 15) is 4.79 Å². The van der Waals surface area contributed by atoms with Gasteiger partial charge in [0.2, 0.25) is 0 Å². The number of fused-ring (bicyclic) bond motifs is 2. The van der Waals surface area contributed by atoms with Gasteiger partial charge < -0.3 is 5.32 Å². The second kappa shape index (κ2) is 5.91. The molecule has 24 heavy (non-hydrogen) atoms. The summed E-state index contributed by atoms with van der Waals surface area (Å²) in [5.74, 6) is 0.263. The van der Waals surface area contributed by atoms with Crippen molar-refractivity contribution in [2.45, 2.75) is 25.7 Å². The molecule has 1 fully saturated rings. The van der Waals surface area contributed by atoms with E-state index in [-0.39, 0.29) is 11.7 Å². The number of aliphatic imine (C=N–C) groups is 1. The first kappa shape index (κ1) is 15.2. The Morgan fingerprint density at radius 3 is 2.79 bits per heavy atom. The molecule has 120 valence electrons. The Hall–Kier alpha value is -2.39. The van der Waals surface area contributed by atoms with Gasteiger partial charge in [0, 0.05) is 17.1 Å². The van der Waals surface area contributed by atoms with E-state index in [2.05, 4.69) is 5.32 Å². The standard InChI is InChI=1S/C20H17ClN2O/c1-12-20-18(23-17-8-3-2-7-16(17)22-12)10-14(11-19(20)24)13-5-4-6-15(21)9-13/h2-9,14,22H,10-11H2,1H3/t14-/m0/s1. The van der Waals surface area contributed by atoms with Crippen LogP contribution in [0, 0.1) is 0 Å². The third kappa shape index (κ3) is 2.65. The predicted molar refractivity (Wildman–Crippen MR) is 98.3 cm³/mol. The Kier molecular flexibility index (Phi) is 3.73. The summed E-state index contributed by atoms with van der Waals surface area (Å²) in [4.78, 5) is 17.6. The molecule has 2 aliphatic rings. The summed E-state index contributed by atoms with van der Waals surface area (Å²) in [6.45, 7) is 1.95. The van der Waals surface area contributed by atoms with Crippen molar-refractivity contribution in [3.05, 3.63) is 70.4 Å². The van der Waals surface area contributed by atoms with E-state index in [1.165, 1.54) is 0 Å². The van der Waals surface area contributed by atoms with Gasteiger partial charge in [-0.2, -0.15) is 0 Å². The van der Waals surface area contributed by atoms with Crippen molar-refractivity contribution in [1.82, 2.24) is 0 Å². The third-order valence-electron chi connectivity index (χ3n) is 4.62. The maximum atomic E-state index is 12.8. The number of benzene rings is 2. The van der Waals surface area contributed by atoms with Crippen molar-refractivity contribution in [2.24, 2.45) is 4.99 Å². The fourth-order valence-electron chi connectivity index (χ4n) is 3.50. The van der Waals surface area contributed by atoms with Gasteiger partial charge in [-0.25, -0.2) is 0 Å². The van der Waals surface area contributed by atoms with Gasteiger partial charge in [0.05, 0.1) is 22.7 Å². The minimum absolute atomic E-state index is 0.122. The van der Waals surface area contributed by atoms with Gasteiger partial charge in [-0.3, -0.25) is 9.79 Å². The number of carbonyl (C=O) groups is 1. The lowest BCUT2D eigenvalue weighted by molar-refractivity contribution is -0.115. The molecule has 1 saturated carbocycles. The molecule has 4 rings (SSSR count). The molecule has 1 N–H and O–H groups in total. The normalized spacial score (nSPS) is 19.8. The Morgan fingerprint density at radius 1 is 1.12 bits per heavy atom. The molecule has 0 unspecified atom stereocenters. The summed E-state index contributed by atoms with van der Waals surface area (Å²) in [5.41, 5.74) is 5.41. The number of anilines is 1. The zero-order chi connectivity index (χ0) is 16.7. The molecule has 0 amide bonds. The summed E-state index contributed by atoms with van der Waals surface area (Å²) in [5, 5.41) is 4.04. The van der Waals surface area contributed by atoms with Gasteiger partial charge in [-0.05, 0) is 49.1 Å². The Balaban J connectivity index is 1.78. The molecule has 4 heteroatoms. The number of carbonyl (C=O) groups excluding carboxylic acids is 1. The molecule has 1 aliphatic heterocycles. The molecule has 1 atom stereocenters. The molecular formula is C20H17ClN2O. The van der Waals surface area contributed by atoms with E-state index < -0.39 is 0 Å². The third-order valence-corrected chi connectivity index (χ3v) is 4.85. The fourth-order valence-corrected chi connectivity index (χ4v) is 3.70. The van der Waals surface area contributed by atoms with Gasteiger partial charge in [0.15, 0.2) is 5.78 Å². The second-order valence-corrected chi connectivity index (χ2v) is 6.72. The summed E-state index contributed by atoms with van der Waals surface area (Å²) in [6.07, 6.45) is 1.23. The first-order chi connectivity index (χ1) is 11.6. The molecule has 0 bridgehead atoms. The summed E-state index contributed by atoms with van der Waals surface area (Å²) < 4.78 is 0. The van der Waals surface area contributed by atoms with E-state index in [0.717, 1.165) is 40.3 Å². The highest BCUT2D eigenvalue weighted by atomic mass is 35.5. The van der Waals surface area contributed by atoms with Crippen LogP contribution >= 0.6 is 11.6 Å². The van der Waals surface area contributed by atoms with Gasteiger partial charge in [0.25, 0.3) is 0 Å². The largest absolute Gasteiger partial charge is 0.357 e. The maximum absolute atomic E-state index is 12.8. The quantitative estimate of drug-likeness (QED) is 0.771. The maximum Gasteiger partial charge on any atom is 0.167 e. The van der Waals surface area contributed by atoms with Crippen LogP contribution < -0.4 is 5.32 Å². The van der Waals surface area contributed by atoms with Crippen LogP contribution in [0.25, 0.3) is 0 Å². The molecule has 3 nitrogen and oxygen atoms in total. The van der Waals surface area contributed by atoms with Crippen molar-refractivity contribution in [3.8, 4) is 0 Å². The zero-order valence-corrected chi connectivity index (χ0v) is 14.1. The van der Waals surface area contributed by atoms with Crippen LogP contribution in [-0.4, -0.2) is 11.5 Å². The second-order valence-electron chi connectivity index (χ2n) is 6.28. The molecular weight excluding hydrogens is 320 g/mol. The smallest absolute Gasteiger partial charge is 0.167 e. The number of Topliss-reactive ketones (excluding diaryl/α,β-unsaturated/α-hetero) is 1. The SMILES string of the molecule is CC1=C2C(=O)C[C@@H](c3cccc(Cl)c3)CC2=Nc2ccccc2N1. The van der Waals surface area contributed by atoms with E-state index in [4.69, 9.17) is 16.6 Å². The number of hydrogen-bond acceptors (Lipinski definition) is 3. The number of nitrogens with zero attached hydrogens (tertiary/aromatic N) is 1. The minimum Gasteiger partial charge on any atom is -0.357 e. The number of ketones is 1. The highest BCUT2D eigenvalue weighted by molar-refractivity contribution is 6.30. The van der Waals surface area contributed by atoms with Gasteiger partial charge in [-0.1, -0.05) is 35.9 Å². The van der Waals surface area contributed by atoms with Crippen LogP contribution in [0.2, 0.25) is 5.02 Å². The van der Waals surface area contributed by atoms with Crippen LogP contribution in [0.15, 0.2) is 64.8 Å². The lowest BCUT2D eigenvalue weighted by Gasteiger charge is -2.25. The van der Waals surface area contributed by atoms with E-state index >= 15 is 0 Å². The molecule has 0 aromatic heterocycles. The average molecular weight is 337 g/mol. The van der Waals surface area contributed by atoms with Gasteiger partial charge in [0.1, 0.15) is 0 Å². The molecule has 0 spiro atoms. The van der Waals surface area contributed by atoms with Crippen LogP contribution in [0.5, 0.6) is 0 Å². The molecule has 1 aliphatic carbocycles.